The number of phenolic OH excluding ortho intramolecular Hbond substituents is 1. The lowest BCUT2D eigenvalue weighted by molar-refractivity contribution is -0.385. The summed E-state index contributed by atoms with van der Waals surface area (Å²) in [5, 5.41) is 20.3. The van der Waals surface area contributed by atoms with Crippen molar-refractivity contribution < 1.29 is 10.0 Å². The Bertz CT molecular complexity index is 452. The van der Waals surface area contributed by atoms with Crippen LogP contribution in [0.4, 0.5) is 5.69 Å². The van der Waals surface area contributed by atoms with Crippen LogP contribution in [0, 0.1) is 10.1 Å². The molecule has 0 aliphatic rings. The van der Waals surface area contributed by atoms with Gasteiger partial charge in [0.1, 0.15) is 0 Å². The highest BCUT2D eigenvalue weighted by atomic mass is 35.5. The lowest BCUT2D eigenvalue weighted by atomic mass is 9.86. The van der Waals surface area contributed by atoms with Gasteiger partial charge in [0.25, 0.3) is 0 Å². The van der Waals surface area contributed by atoms with E-state index in [1.807, 2.05) is 20.8 Å². The molecule has 0 amide bonds. The highest BCUT2D eigenvalue weighted by molar-refractivity contribution is 6.37. The van der Waals surface area contributed by atoms with Gasteiger partial charge in [0, 0.05) is 6.07 Å². The van der Waals surface area contributed by atoms with E-state index in [9.17, 15) is 15.2 Å². The molecule has 1 aromatic carbocycles. The molecule has 6 heteroatoms. The summed E-state index contributed by atoms with van der Waals surface area (Å²) in [6, 6.07) is 1.11. The van der Waals surface area contributed by atoms with Gasteiger partial charge in [-0.25, -0.2) is 0 Å². The zero-order chi connectivity index (χ0) is 12.7. The molecule has 0 saturated heterocycles. The SMILES string of the molecule is CC(C)(C)c1c(Cl)cc([N+](=O)[O-])c(O)c1Cl. The number of benzene rings is 1. The average molecular weight is 264 g/mol. The van der Waals surface area contributed by atoms with Crippen LogP contribution in [-0.2, 0) is 5.41 Å². The van der Waals surface area contributed by atoms with Crippen LogP contribution in [0.5, 0.6) is 5.75 Å². The lowest BCUT2D eigenvalue weighted by Gasteiger charge is -2.22. The van der Waals surface area contributed by atoms with Gasteiger partial charge in [-0.1, -0.05) is 44.0 Å². The second-order valence-electron chi connectivity index (χ2n) is 4.42. The molecular weight excluding hydrogens is 253 g/mol. The molecule has 0 fully saturated rings. The first-order valence-corrected chi connectivity index (χ1v) is 5.27. The van der Waals surface area contributed by atoms with Gasteiger partial charge in [-0.3, -0.25) is 10.1 Å². The van der Waals surface area contributed by atoms with Crippen molar-refractivity contribution >= 4 is 28.9 Å². The Balaban J connectivity index is 3.59. The van der Waals surface area contributed by atoms with Crippen LogP contribution in [0.15, 0.2) is 6.07 Å². The van der Waals surface area contributed by atoms with E-state index in [4.69, 9.17) is 23.2 Å². The number of hydrogen-bond donors (Lipinski definition) is 1. The van der Waals surface area contributed by atoms with Gasteiger partial charge in [0.15, 0.2) is 0 Å². The number of nitro groups is 1. The summed E-state index contributed by atoms with van der Waals surface area (Å²) in [6.45, 7) is 5.56. The minimum absolute atomic E-state index is 0.0632. The molecule has 0 saturated carbocycles. The third-order valence-electron chi connectivity index (χ3n) is 2.12. The molecule has 1 aromatic rings. The zero-order valence-electron chi connectivity index (χ0n) is 9.04. The molecule has 0 spiro atoms. The molecule has 0 aliphatic carbocycles. The maximum absolute atomic E-state index is 10.6. The second kappa shape index (κ2) is 4.11. The second-order valence-corrected chi connectivity index (χ2v) is 5.21. The van der Waals surface area contributed by atoms with Crippen LogP contribution >= 0.6 is 23.2 Å². The van der Waals surface area contributed by atoms with Crippen molar-refractivity contribution in [3.63, 3.8) is 0 Å². The Labute approximate surface area is 103 Å². The number of halogens is 2. The molecule has 0 aromatic heterocycles. The molecule has 0 radical (unpaired) electrons. The summed E-state index contributed by atoms with van der Waals surface area (Å²) in [6.07, 6.45) is 0. The van der Waals surface area contributed by atoms with Crippen LogP contribution in [0.3, 0.4) is 0 Å². The Morgan fingerprint density at radius 3 is 2.25 bits per heavy atom. The predicted octanol–water partition coefficient (Wildman–Crippen LogP) is 3.90. The van der Waals surface area contributed by atoms with Crippen LogP contribution < -0.4 is 0 Å². The molecule has 0 heterocycles. The normalized spacial score (nSPS) is 11.6. The van der Waals surface area contributed by atoms with Crippen molar-refractivity contribution in [2.24, 2.45) is 0 Å². The zero-order valence-corrected chi connectivity index (χ0v) is 10.6. The van der Waals surface area contributed by atoms with E-state index >= 15 is 0 Å². The van der Waals surface area contributed by atoms with Gasteiger partial charge < -0.3 is 5.11 Å². The monoisotopic (exact) mass is 263 g/mol. The Morgan fingerprint density at radius 1 is 1.38 bits per heavy atom. The molecule has 1 N–H and O–H groups in total. The standard InChI is InChI=1S/C10H11Cl2NO3/c1-10(2,3)7-5(11)4-6(13(15)16)9(14)8(7)12/h4,14H,1-3H3. The average Bonchev–Trinajstić information content (AvgIpc) is 2.08. The highest BCUT2D eigenvalue weighted by Crippen LogP contribution is 2.45. The van der Waals surface area contributed by atoms with E-state index in [-0.39, 0.29) is 10.0 Å². The number of nitro benzene ring substituents is 1. The van der Waals surface area contributed by atoms with E-state index < -0.39 is 21.8 Å². The molecule has 0 bridgehead atoms. The fourth-order valence-corrected chi connectivity index (χ4v) is 2.43. The van der Waals surface area contributed by atoms with Crippen LogP contribution in [0.1, 0.15) is 26.3 Å². The highest BCUT2D eigenvalue weighted by Gasteiger charge is 2.28. The van der Waals surface area contributed by atoms with E-state index in [0.717, 1.165) is 6.07 Å². The van der Waals surface area contributed by atoms with E-state index in [2.05, 4.69) is 0 Å². The van der Waals surface area contributed by atoms with E-state index in [1.54, 1.807) is 0 Å². The van der Waals surface area contributed by atoms with Gasteiger partial charge in [-0.05, 0) is 11.0 Å². The maximum atomic E-state index is 10.6. The first-order chi connectivity index (χ1) is 7.16. The quantitative estimate of drug-likeness (QED) is 0.617. The maximum Gasteiger partial charge on any atom is 0.313 e. The number of aromatic hydroxyl groups is 1. The Hall–Kier alpha value is -1.00. The van der Waals surface area contributed by atoms with Crippen molar-refractivity contribution in [2.45, 2.75) is 26.2 Å². The van der Waals surface area contributed by atoms with E-state index in [0.29, 0.717) is 5.56 Å². The van der Waals surface area contributed by atoms with Gasteiger partial charge >= 0.3 is 5.69 Å². The van der Waals surface area contributed by atoms with Crippen molar-refractivity contribution in [2.75, 3.05) is 0 Å². The lowest BCUT2D eigenvalue weighted by Crippen LogP contribution is -2.13. The summed E-state index contributed by atoms with van der Waals surface area (Å²) < 4.78 is 0. The minimum atomic E-state index is -0.723. The number of nitrogens with zero attached hydrogens (tertiary/aromatic N) is 1. The summed E-state index contributed by atoms with van der Waals surface area (Å²) in [4.78, 5) is 9.89. The van der Waals surface area contributed by atoms with Gasteiger partial charge in [0.2, 0.25) is 5.75 Å². The molecule has 0 atom stereocenters. The van der Waals surface area contributed by atoms with Crippen LogP contribution in [-0.4, -0.2) is 10.0 Å². The summed E-state index contributed by atoms with van der Waals surface area (Å²) in [7, 11) is 0. The number of rotatable bonds is 1. The summed E-state index contributed by atoms with van der Waals surface area (Å²) in [5.74, 6) is -0.541. The fraction of sp³-hybridized carbons (Fsp3) is 0.400. The third kappa shape index (κ3) is 2.23. The Morgan fingerprint density at radius 2 is 1.88 bits per heavy atom. The minimum Gasteiger partial charge on any atom is -0.501 e. The molecule has 88 valence electrons. The molecule has 16 heavy (non-hydrogen) atoms. The molecule has 4 nitrogen and oxygen atoms in total. The first-order valence-electron chi connectivity index (χ1n) is 4.52. The van der Waals surface area contributed by atoms with Crippen LogP contribution in [0.2, 0.25) is 10.0 Å². The smallest absolute Gasteiger partial charge is 0.313 e. The van der Waals surface area contributed by atoms with Crippen molar-refractivity contribution in [1.82, 2.24) is 0 Å². The Kier molecular flexibility index (Phi) is 3.35. The largest absolute Gasteiger partial charge is 0.501 e. The van der Waals surface area contributed by atoms with Crippen molar-refractivity contribution in [1.29, 1.82) is 0 Å². The number of hydrogen-bond acceptors (Lipinski definition) is 3. The van der Waals surface area contributed by atoms with Crippen LogP contribution in [0.25, 0.3) is 0 Å². The predicted molar refractivity (Wildman–Crippen MR) is 63.5 cm³/mol. The molecule has 0 unspecified atom stereocenters. The molecule has 1 rings (SSSR count). The number of phenols is 1. The van der Waals surface area contributed by atoms with Crippen molar-refractivity contribution in [3.8, 4) is 5.75 Å². The summed E-state index contributed by atoms with van der Waals surface area (Å²) >= 11 is 11.8. The molecule has 0 aliphatic heterocycles. The molecular formula is C10H11Cl2NO3. The topological polar surface area (TPSA) is 63.4 Å². The van der Waals surface area contributed by atoms with Gasteiger partial charge in [-0.2, -0.15) is 0 Å². The first kappa shape index (κ1) is 13.1. The van der Waals surface area contributed by atoms with Gasteiger partial charge in [0.05, 0.1) is 15.0 Å². The van der Waals surface area contributed by atoms with E-state index in [1.165, 1.54) is 0 Å². The summed E-state index contributed by atoms with van der Waals surface area (Å²) in [5.41, 5.74) is -0.386. The third-order valence-corrected chi connectivity index (χ3v) is 2.79. The fourth-order valence-electron chi connectivity index (χ4n) is 1.42. The van der Waals surface area contributed by atoms with Gasteiger partial charge in [-0.15, -0.1) is 0 Å². The van der Waals surface area contributed by atoms with Crippen molar-refractivity contribution in [3.05, 3.63) is 31.8 Å².